The molecule has 3 heterocycles. The lowest BCUT2D eigenvalue weighted by Crippen LogP contribution is -2.38. The number of morpholine rings is 1. The van der Waals surface area contributed by atoms with Crippen LogP contribution in [0.25, 0.3) is 0 Å². The maximum atomic E-state index is 10.9. The standard InChI is InChI=1S/C19H23N7O3/c27-16(28)15-5-3-14(4-6-15)13-20-24-17-21-18(25-7-1-2-8-25)23-19(22-17)26-9-11-29-12-10-26/h3-6,13H,1-2,7-12H2,(H,27,28)(H,21,22,23,24). The molecule has 29 heavy (non-hydrogen) atoms. The molecular formula is C19H23N7O3. The van der Waals surface area contributed by atoms with Crippen LogP contribution in [0.15, 0.2) is 29.4 Å². The lowest BCUT2D eigenvalue weighted by atomic mass is 10.1. The molecule has 10 heteroatoms. The van der Waals surface area contributed by atoms with Crippen LogP contribution in [0, 0.1) is 0 Å². The predicted molar refractivity (Wildman–Crippen MR) is 109 cm³/mol. The molecule has 1 aromatic carbocycles. The summed E-state index contributed by atoms with van der Waals surface area (Å²) in [5.41, 5.74) is 3.88. The fraction of sp³-hybridized carbons (Fsp3) is 0.421. The van der Waals surface area contributed by atoms with E-state index in [4.69, 9.17) is 9.84 Å². The number of carboxylic acids is 1. The van der Waals surface area contributed by atoms with Crippen LogP contribution in [-0.2, 0) is 4.74 Å². The number of benzene rings is 1. The third kappa shape index (κ3) is 4.77. The van der Waals surface area contributed by atoms with E-state index >= 15 is 0 Å². The normalized spacial score (nSPS) is 17.1. The Labute approximate surface area is 168 Å². The lowest BCUT2D eigenvalue weighted by molar-refractivity contribution is 0.0697. The van der Waals surface area contributed by atoms with Crippen LogP contribution in [0.3, 0.4) is 0 Å². The van der Waals surface area contributed by atoms with Gasteiger partial charge in [-0.2, -0.15) is 20.1 Å². The van der Waals surface area contributed by atoms with Crippen molar-refractivity contribution in [3.63, 3.8) is 0 Å². The van der Waals surface area contributed by atoms with Crippen molar-refractivity contribution >= 4 is 30.0 Å². The van der Waals surface area contributed by atoms with Gasteiger partial charge in [-0.1, -0.05) is 12.1 Å². The van der Waals surface area contributed by atoms with Crippen molar-refractivity contribution in [1.29, 1.82) is 0 Å². The zero-order valence-electron chi connectivity index (χ0n) is 16.0. The number of nitrogens with one attached hydrogen (secondary N) is 1. The summed E-state index contributed by atoms with van der Waals surface area (Å²) in [4.78, 5) is 28.9. The zero-order chi connectivity index (χ0) is 20.1. The molecule has 2 N–H and O–H groups in total. The highest BCUT2D eigenvalue weighted by molar-refractivity contribution is 5.89. The van der Waals surface area contributed by atoms with Gasteiger partial charge in [0.15, 0.2) is 0 Å². The monoisotopic (exact) mass is 397 g/mol. The lowest BCUT2D eigenvalue weighted by Gasteiger charge is -2.27. The van der Waals surface area contributed by atoms with E-state index < -0.39 is 5.97 Å². The SMILES string of the molecule is O=C(O)c1ccc(C=NNc2nc(N3CCCC3)nc(N3CCOCC3)n2)cc1. The van der Waals surface area contributed by atoms with Gasteiger partial charge in [-0.3, -0.25) is 0 Å². The number of aromatic carboxylic acids is 1. The van der Waals surface area contributed by atoms with E-state index in [1.165, 1.54) is 12.1 Å². The number of hydrogen-bond acceptors (Lipinski definition) is 9. The molecule has 0 aliphatic carbocycles. The van der Waals surface area contributed by atoms with E-state index in [2.05, 4.69) is 35.3 Å². The largest absolute Gasteiger partial charge is 0.478 e. The summed E-state index contributed by atoms with van der Waals surface area (Å²) >= 11 is 0. The number of ether oxygens (including phenoxy) is 1. The van der Waals surface area contributed by atoms with Gasteiger partial charge < -0.3 is 19.6 Å². The van der Waals surface area contributed by atoms with E-state index in [1.807, 2.05) is 0 Å². The minimum atomic E-state index is -0.957. The number of rotatable bonds is 6. The molecule has 0 atom stereocenters. The summed E-state index contributed by atoms with van der Waals surface area (Å²) in [6, 6.07) is 6.46. The maximum Gasteiger partial charge on any atom is 0.335 e. The number of nitrogens with zero attached hydrogens (tertiary/aromatic N) is 6. The van der Waals surface area contributed by atoms with Crippen LogP contribution in [0.4, 0.5) is 17.8 Å². The fourth-order valence-corrected chi connectivity index (χ4v) is 3.24. The summed E-state index contributed by atoms with van der Waals surface area (Å²) in [5.74, 6) is 0.694. The van der Waals surface area contributed by atoms with Crippen LogP contribution in [-0.4, -0.2) is 71.6 Å². The Morgan fingerprint density at radius 1 is 1.00 bits per heavy atom. The second-order valence-electron chi connectivity index (χ2n) is 6.85. The van der Waals surface area contributed by atoms with Gasteiger partial charge in [-0.05, 0) is 30.5 Å². The van der Waals surface area contributed by atoms with Crippen molar-refractivity contribution < 1.29 is 14.6 Å². The van der Waals surface area contributed by atoms with Crippen molar-refractivity contribution in [2.75, 3.05) is 54.6 Å². The van der Waals surface area contributed by atoms with Crippen LogP contribution < -0.4 is 15.2 Å². The highest BCUT2D eigenvalue weighted by atomic mass is 16.5. The van der Waals surface area contributed by atoms with E-state index in [9.17, 15) is 4.79 Å². The molecule has 0 unspecified atom stereocenters. The molecule has 1 aromatic heterocycles. The van der Waals surface area contributed by atoms with Gasteiger partial charge in [0, 0.05) is 26.2 Å². The molecule has 2 aromatic rings. The van der Waals surface area contributed by atoms with Crippen molar-refractivity contribution in [2.24, 2.45) is 5.10 Å². The number of anilines is 3. The molecule has 2 fully saturated rings. The molecule has 0 radical (unpaired) electrons. The molecule has 0 bridgehead atoms. The van der Waals surface area contributed by atoms with E-state index in [1.54, 1.807) is 18.3 Å². The topological polar surface area (TPSA) is 116 Å². The predicted octanol–water partition coefficient (Wildman–Crippen LogP) is 1.45. The van der Waals surface area contributed by atoms with Crippen LogP contribution >= 0.6 is 0 Å². The molecule has 0 spiro atoms. The number of aromatic nitrogens is 3. The Bertz CT molecular complexity index is 876. The molecule has 10 nitrogen and oxygen atoms in total. The summed E-state index contributed by atoms with van der Waals surface area (Å²) < 4.78 is 5.42. The van der Waals surface area contributed by atoms with Crippen LogP contribution in [0.5, 0.6) is 0 Å². The minimum Gasteiger partial charge on any atom is -0.478 e. The first-order valence-electron chi connectivity index (χ1n) is 9.65. The Balaban J connectivity index is 1.51. The van der Waals surface area contributed by atoms with Crippen molar-refractivity contribution in [2.45, 2.75) is 12.8 Å². The van der Waals surface area contributed by atoms with Gasteiger partial charge in [0.25, 0.3) is 0 Å². The number of carboxylic acid groups (broad SMARTS) is 1. The van der Waals surface area contributed by atoms with Gasteiger partial charge in [0.1, 0.15) is 0 Å². The molecule has 0 amide bonds. The first-order chi connectivity index (χ1) is 14.2. The fourth-order valence-electron chi connectivity index (χ4n) is 3.24. The van der Waals surface area contributed by atoms with Gasteiger partial charge in [-0.15, -0.1) is 0 Å². The van der Waals surface area contributed by atoms with Gasteiger partial charge in [0.2, 0.25) is 17.8 Å². The van der Waals surface area contributed by atoms with E-state index in [0.29, 0.717) is 31.1 Å². The van der Waals surface area contributed by atoms with Crippen molar-refractivity contribution in [3.8, 4) is 0 Å². The highest BCUT2D eigenvalue weighted by Crippen LogP contribution is 2.21. The van der Waals surface area contributed by atoms with E-state index in [-0.39, 0.29) is 5.56 Å². The Morgan fingerprint density at radius 2 is 1.62 bits per heavy atom. The van der Waals surface area contributed by atoms with Gasteiger partial charge >= 0.3 is 5.97 Å². The maximum absolute atomic E-state index is 10.9. The first kappa shape index (κ1) is 19.1. The number of hydrogen-bond donors (Lipinski definition) is 2. The summed E-state index contributed by atoms with van der Waals surface area (Å²) in [5, 5.41) is 13.2. The highest BCUT2D eigenvalue weighted by Gasteiger charge is 2.21. The Morgan fingerprint density at radius 3 is 2.24 bits per heavy atom. The smallest absolute Gasteiger partial charge is 0.335 e. The molecule has 2 aliphatic rings. The molecule has 0 saturated carbocycles. The molecule has 152 valence electrons. The third-order valence-corrected chi connectivity index (χ3v) is 4.83. The average molecular weight is 397 g/mol. The summed E-state index contributed by atoms with van der Waals surface area (Å²) in [6.45, 7) is 4.65. The second kappa shape index (κ2) is 8.82. The van der Waals surface area contributed by atoms with Crippen molar-refractivity contribution in [1.82, 2.24) is 15.0 Å². The Kier molecular flexibility index (Phi) is 5.80. The van der Waals surface area contributed by atoms with Crippen molar-refractivity contribution in [3.05, 3.63) is 35.4 Å². The molecule has 2 aliphatic heterocycles. The molecular weight excluding hydrogens is 374 g/mol. The zero-order valence-corrected chi connectivity index (χ0v) is 16.0. The van der Waals surface area contributed by atoms with E-state index in [0.717, 1.165) is 44.6 Å². The van der Waals surface area contributed by atoms with Crippen LogP contribution in [0.2, 0.25) is 0 Å². The molecule has 4 rings (SSSR count). The number of hydrazone groups is 1. The quantitative estimate of drug-likeness (QED) is 0.552. The number of carbonyl (C=O) groups is 1. The third-order valence-electron chi connectivity index (χ3n) is 4.83. The average Bonchev–Trinajstić information content (AvgIpc) is 3.30. The van der Waals surface area contributed by atoms with Gasteiger partial charge in [0.05, 0.1) is 25.0 Å². The van der Waals surface area contributed by atoms with Gasteiger partial charge in [-0.25, -0.2) is 10.2 Å². The van der Waals surface area contributed by atoms with Crippen LogP contribution in [0.1, 0.15) is 28.8 Å². The summed E-state index contributed by atoms with van der Waals surface area (Å²) in [6.07, 6.45) is 3.86. The first-order valence-corrected chi connectivity index (χ1v) is 9.65. The molecule has 2 saturated heterocycles. The minimum absolute atomic E-state index is 0.234. The summed E-state index contributed by atoms with van der Waals surface area (Å²) in [7, 11) is 0. The Hall–Kier alpha value is -3.27. The second-order valence-corrected chi connectivity index (χ2v) is 6.85.